The van der Waals surface area contributed by atoms with E-state index in [1.165, 1.54) is 0 Å². The lowest BCUT2D eigenvalue weighted by Gasteiger charge is -2.29. The maximum atomic E-state index is 12.6. The standard InChI is InChI=1S/C20H18O3/c21-18-12-6-5-11-17(18)19-15-9-3-1-7-13(15)14-8-2-4-10-16(14)20(22)23-19/h1-4,7-10,17,19H,5-6,11-12H2. The van der Waals surface area contributed by atoms with Crippen LogP contribution in [0.3, 0.4) is 0 Å². The maximum Gasteiger partial charge on any atom is 0.339 e. The van der Waals surface area contributed by atoms with Crippen molar-refractivity contribution in [1.29, 1.82) is 0 Å². The van der Waals surface area contributed by atoms with E-state index in [0.29, 0.717) is 12.0 Å². The van der Waals surface area contributed by atoms with E-state index in [-0.39, 0.29) is 17.7 Å². The minimum atomic E-state index is -0.473. The summed E-state index contributed by atoms with van der Waals surface area (Å²) in [5.74, 6) is -0.335. The van der Waals surface area contributed by atoms with Gasteiger partial charge >= 0.3 is 5.97 Å². The zero-order valence-electron chi connectivity index (χ0n) is 12.8. The molecule has 2 aliphatic rings. The van der Waals surface area contributed by atoms with Crippen LogP contribution in [0.2, 0.25) is 0 Å². The van der Waals surface area contributed by atoms with Crippen LogP contribution in [0.1, 0.15) is 47.7 Å². The predicted molar refractivity (Wildman–Crippen MR) is 87.0 cm³/mol. The van der Waals surface area contributed by atoms with Gasteiger partial charge in [-0.05, 0) is 30.0 Å². The van der Waals surface area contributed by atoms with Crippen LogP contribution in [0, 0.1) is 5.92 Å². The molecule has 0 spiro atoms. The summed E-state index contributed by atoms with van der Waals surface area (Å²) in [5.41, 5.74) is 3.41. The third kappa shape index (κ3) is 2.37. The maximum absolute atomic E-state index is 12.6. The van der Waals surface area contributed by atoms with E-state index in [1.54, 1.807) is 6.07 Å². The Hall–Kier alpha value is -2.42. The molecule has 0 saturated heterocycles. The molecule has 4 rings (SSSR count). The van der Waals surface area contributed by atoms with Crippen LogP contribution < -0.4 is 0 Å². The molecule has 23 heavy (non-hydrogen) atoms. The molecule has 116 valence electrons. The first-order valence-corrected chi connectivity index (χ1v) is 8.18. The topological polar surface area (TPSA) is 43.4 Å². The van der Waals surface area contributed by atoms with Gasteiger partial charge < -0.3 is 4.74 Å². The Balaban J connectivity index is 1.88. The van der Waals surface area contributed by atoms with Gasteiger partial charge in [0.05, 0.1) is 11.5 Å². The zero-order valence-corrected chi connectivity index (χ0v) is 12.8. The van der Waals surface area contributed by atoms with E-state index in [1.807, 2.05) is 42.5 Å². The Morgan fingerprint density at radius 3 is 2.30 bits per heavy atom. The molecule has 2 aromatic carbocycles. The van der Waals surface area contributed by atoms with E-state index >= 15 is 0 Å². The molecular weight excluding hydrogens is 288 g/mol. The summed E-state index contributed by atoms with van der Waals surface area (Å²) in [7, 11) is 0. The van der Waals surface area contributed by atoms with E-state index in [0.717, 1.165) is 36.0 Å². The number of cyclic esters (lactones) is 1. The number of rotatable bonds is 1. The highest BCUT2D eigenvalue weighted by atomic mass is 16.5. The van der Waals surface area contributed by atoms with Gasteiger partial charge in [0.15, 0.2) is 0 Å². The number of Topliss-reactive ketones (excluding diaryl/α,β-unsaturated/α-hetero) is 1. The summed E-state index contributed by atoms with van der Waals surface area (Å²) in [5, 5.41) is 0. The lowest BCUT2D eigenvalue weighted by molar-refractivity contribution is -0.128. The predicted octanol–water partition coefficient (Wildman–Crippen LogP) is 4.32. The second kappa shape index (κ2) is 5.65. The van der Waals surface area contributed by atoms with Crippen molar-refractivity contribution in [2.75, 3.05) is 0 Å². The Labute approximate surface area is 135 Å². The van der Waals surface area contributed by atoms with Crippen molar-refractivity contribution < 1.29 is 14.3 Å². The first kappa shape index (κ1) is 14.2. The largest absolute Gasteiger partial charge is 0.453 e. The Kier molecular flexibility index (Phi) is 3.49. The van der Waals surface area contributed by atoms with E-state index in [4.69, 9.17) is 4.74 Å². The van der Waals surface area contributed by atoms with Crippen LogP contribution in [0.25, 0.3) is 11.1 Å². The second-order valence-electron chi connectivity index (χ2n) is 6.28. The van der Waals surface area contributed by atoms with Crippen LogP contribution in [-0.4, -0.2) is 11.8 Å². The fraction of sp³-hybridized carbons (Fsp3) is 0.300. The molecule has 1 heterocycles. The summed E-state index contributed by atoms with van der Waals surface area (Å²) in [4.78, 5) is 25.0. The van der Waals surface area contributed by atoms with Gasteiger partial charge in [-0.15, -0.1) is 0 Å². The SMILES string of the molecule is O=C1OC(C2CCCCC2=O)c2ccccc2-c2ccccc21. The molecule has 0 bridgehead atoms. The van der Waals surface area contributed by atoms with E-state index in [9.17, 15) is 9.59 Å². The molecule has 0 amide bonds. The molecule has 0 aromatic heterocycles. The summed E-state index contributed by atoms with van der Waals surface area (Å²) in [6.07, 6.45) is 2.87. The molecule has 2 aromatic rings. The fourth-order valence-corrected chi connectivity index (χ4v) is 3.76. The number of esters is 1. The van der Waals surface area contributed by atoms with Crippen LogP contribution in [-0.2, 0) is 9.53 Å². The molecule has 0 radical (unpaired) electrons. The minimum Gasteiger partial charge on any atom is -0.453 e. The van der Waals surface area contributed by atoms with Crippen molar-refractivity contribution in [2.24, 2.45) is 5.92 Å². The number of hydrogen-bond acceptors (Lipinski definition) is 3. The number of benzene rings is 2. The van der Waals surface area contributed by atoms with Crippen molar-refractivity contribution in [3.63, 3.8) is 0 Å². The van der Waals surface area contributed by atoms with Gasteiger partial charge in [-0.3, -0.25) is 4.79 Å². The summed E-state index contributed by atoms with van der Waals surface area (Å²) < 4.78 is 5.81. The van der Waals surface area contributed by atoms with Gasteiger partial charge in [0.1, 0.15) is 11.9 Å². The third-order valence-electron chi connectivity index (χ3n) is 4.91. The fourth-order valence-electron chi connectivity index (χ4n) is 3.76. The molecule has 3 heteroatoms. The molecule has 3 nitrogen and oxygen atoms in total. The zero-order chi connectivity index (χ0) is 15.8. The van der Waals surface area contributed by atoms with Crippen LogP contribution in [0.5, 0.6) is 0 Å². The first-order chi connectivity index (χ1) is 11.3. The quantitative estimate of drug-likeness (QED) is 0.737. The Bertz CT molecular complexity index is 778. The highest BCUT2D eigenvalue weighted by molar-refractivity contribution is 5.99. The number of ketones is 1. The molecule has 2 unspecified atom stereocenters. The number of ether oxygens (including phenoxy) is 1. The van der Waals surface area contributed by atoms with Crippen LogP contribution in [0.4, 0.5) is 0 Å². The summed E-state index contributed by atoms with van der Waals surface area (Å²) in [6.45, 7) is 0. The van der Waals surface area contributed by atoms with E-state index in [2.05, 4.69) is 0 Å². The summed E-state index contributed by atoms with van der Waals surface area (Å²) in [6, 6.07) is 15.4. The average Bonchev–Trinajstić information content (AvgIpc) is 2.72. The highest BCUT2D eigenvalue weighted by Crippen LogP contribution is 2.42. The lowest BCUT2D eigenvalue weighted by Crippen LogP contribution is -2.28. The van der Waals surface area contributed by atoms with Crippen LogP contribution >= 0.6 is 0 Å². The molecule has 1 aliphatic heterocycles. The average molecular weight is 306 g/mol. The molecule has 1 saturated carbocycles. The number of fused-ring (bicyclic) bond motifs is 3. The number of carbonyl (C=O) groups excluding carboxylic acids is 2. The first-order valence-electron chi connectivity index (χ1n) is 8.18. The minimum absolute atomic E-state index is 0.217. The molecular formula is C20H18O3. The number of hydrogen-bond donors (Lipinski definition) is 0. The highest BCUT2D eigenvalue weighted by Gasteiger charge is 2.37. The van der Waals surface area contributed by atoms with Crippen LogP contribution in [0.15, 0.2) is 48.5 Å². The third-order valence-corrected chi connectivity index (χ3v) is 4.91. The number of carbonyl (C=O) groups is 2. The van der Waals surface area contributed by atoms with Crippen molar-refractivity contribution in [1.82, 2.24) is 0 Å². The smallest absolute Gasteiger partial charge is 0.339 e. The normalized spacial score (nSPS) is 23.5. The van der Waals surface area contributed by atoms with Crippen molar-refractivity contribution >= 4 is 11.8 Å². The van der Waals surface area contributed by atoms with Gasteiger partial charge in [-0.1, -0.05) is 48.9 Å². The molecule has 0 N–H and O–H groups in total. The van der Waals surface area contributed by atoms with Crippen molar-refractivity contribution in [3.8, 4) is 11.1 Å². The van der Waals surface area contributed by atoms with Crippen molar-refractivity contribution in [3.05, 3.63) is 59.7 Å². The van der Waals surface area contributed by atoms with Gasteiger partial charge in [0.2, 0.25) is 0 Å². The molecule has 1 aliphatic carbocycles. The van der Waals surface area contributed by atoms with Gasteiger partial charge in [0, 0.05) is 12.0 Å². The summed E-state index contributed by atoms with van der Waals surface area (Å²) >= 11 is 0. The monoisotopic (exact) mass is 306 g/mol. The molecule has 1 fully saturated rings. The lowest BCUT2D eigenvalue weighted by atomic mass is 9.80. The van der Waals surface area contributed by atoms with Gasteiger partial charge in [-0.25, -0.2) is 4.79 Å². The van der Waals surface area contributed by atoms with E-state index < -0.39 is 6.10 Å². The molecule has 2 atom stereocenters. The van der Waals surface area contributed by atoms with Gasteiger partial charge in [0.25, 0.3) is 0 Å². The Morgan fingerprint density at radius 2 is 1.52 bits per heavy atom. The van der Waals surface area contributed by atoms with Crippen molar-refractivity contribution in [2.45, 2.75) is 31.8 Å². The van der Waals surface area contributed by atoms with Gasteiger partial charge in [-0.2, -0.15) is 0 Å². The second-order valence-corrected chi connectivity index (χ2v) is 6.28. The Morgan fingerprint density at radius 1 is 0.826 bits per heavy atom.